The number of amides is 1. The van der Waals surface area contributed by atoms with Gasteiger partial charge in [-0.2, -0.15) is 0 Å². The van der Waals surface area contributed by atoms with Gasteiger partial charge in [0, 0.05) is 25.9 Å². The number of ketones is 1. The van der Waals surface area contributed by atoms with E-state index in [4.69, 9.17) is 16.3 Å². The summed E-state index contributed by atoms with van der Waals surface area (Å²) in [6.07, 6.45) is 3.05. The monoisotopic (exact) mass is 482 g/mol. The fourth-order valence-corrected chi connectivity index (χ4v) is 3.46. The Morgan fingerprint density at radius 2 is 1.88 bits per heavy atom. The summed E-state index contributed by atoms with van der Waals surface area (Å²) in [5.41, 5.74) is 0.453. The molecule has 0 saturated heterocycles. The molecule has 0 fully saturated rings. The first-order valence-corrected chi connectivity index (χ1v) is 10.7. The maximum atomic E-state index is 13.6. The van der Waals surface area contributed by atoms with E-state index in [0.29, 0.717) is 5.56 Å². The fraction of sp³-hybridized carbons (Fsp3) is 0.167. The van der Waals surface area contributed by atoms with Crippen molar-refractivity contribution in [2.45, 2.75) is 13.0 Å². The summed E-state index contributed by atoms with van der Waals surface area (Å²) in [6.45, 7) is -0.284. The van der Waals surface area contributed by atoms with E-state index in [9.17, 15) is 18.8 Å². The predicted molar refractivity (Wildman–Crippen MR) is 124 cm³/mol. The zero-order chi connectivity index (χ0) is 24.2. The van der Waals surface area contributed by atoms with Gasteiger partial charge < -0.3 is 14.6 Å². The first-order valence-electron chi connectivity index (χ1n) is 10.3. The van der Waals surface area contributed by atoms with Crippen LogP contribution < -0.4 is 15.6 Å². The minimum Gasteiger partial charge on any atom is -0.481 e. The van der Waals surface area contributed by atoms with Gasteiger partial charge in [-0.05, 0) is 23.3 Å². The van der Waals surface area contributed by atoms with Crippen LogP contribution in [0.25, 0.3) is 5.78 Å². The molecule has 0 bridgehead atoms. The molecule has 0 aliphatic carbocycles. The minimum atomic E-state index is -0.737. The molecular weight excluding hydrogens is 463 g/mol. The van der Waals surface area contributed by atoms with Crippen LogP contribution in [0.1, 0.15) is 21.6 Å². The normalized spacial score (nSPS) is 10.9. The molecule has 0 radical (unpaired) electrons. The maximum absolute atomic E-state index is 13.6. The topological polar surface area (TPSA) is 94.7 Å². The number of carbonyl (C=O) groups excluding carboxylic acids is 2. The van der Waals surface area contributed by atoms with Gasteiger partial charge in [0.15, 0.2) is 11.5 Å². The third kappa shape index (κ3) is 4.99. The predicted octanol–water partition coefficient (Wildman–Crippen LogP) is 2.95. The van der Waals surface area contributed by atoms with E-state index in [0.717, 1.165) is 5.56 Å². The van der Waals surface area contributed by atoms with E-state index in [-0.39, 0.29) is 47.6 Å². The van der Waals surface area contributed by atoms with Gasteiger partial charge in [-0.3, -0.25) is 14.4 Å². The molecule has 174 valence electrons. The van der Waals surface area contributed by atoms with E-state index in [1.807, 2.05) is 30.3 Å². The summed E-state index contributed by atoms with van der Waals surface area (Å²) in [5, 5.41) is 2.44. The Kier molecular flexibility index (Phi) is 6.74. The lowest BCUT2D eigenvalue weighted by Crippen LogP contribution is -2.33. The van der Waals surface area contributed by atoms with Crippen molar-refractivity contribution in [2.24, 2.45) is 7.05 Å². The molecule has 2 aromatic heterocycles. The minimum absolute atomic E-state index is 0.0408. The molecule has 10 heteroatoms. The van der Waals surface area contributed by atoms with Crippen LogP contribution in [-0.4, -0.2) is 32.2 Å². The number of halogens is 2. The summed E-state index contributed by atoms with van der Waals surface area (Å²) >= 11 is 5.66. The molecule has 1 N–H and O–H groups in total. The number of benzene rings is 2. The molecule has 4 rings (SSSR count). The molecule has 0 spiro atoms. The average molecular weight is 483 g/mol. The van der Waals surface area contributed by atoms with E-state index in [1.54, 1.807) is 17.8 Å². The second-order valence-electron chi connectivity index (χ2n) is 7.59. The molecule has 34 heavy (non-hydrogen) atoms. The molecule has 2 aromatic carbocycles. The highest BCUT2D eigenvalue weighted by molar-refractivity contribution is 6.30. The number of nitrogens with one attached hydrogen (secondary N) is 1. The lowest BCUT2D eigenvalue weighted by atomic mass is 10.1. The van der Waals surface area contributed by atoms with Crippen LogP contribution in [-0.2, 0) is 24.9 Å². The third-order valence-corrected chi connectivity index (χ3v) is 5.39. The lowest BCUT2D eigenvalue weighted by molar-refractivity contribution is -0.117. The fourth-order valence-electron chi connectivity index (χ4n) is 3.34. The van der Waals surface area contributed by atoms with Crippen molar-refractivity contribution >= 4 is 29.1 Å². The van der Waals surface area contributed by atoms with Gasteiger partial charge in [-0.1, -0.05) is 48.0 Å². The molecule has 4 aromatic rings. The third-order valence-electron chi connectivity index (χ3n) is 5.08. The number of ether oxygens (including phenoxy) is 1. The van der Waals surface area contributed by atoms with Gasteiger partial charge in [0.2, 0.25) is 11.5 Å². The molecule has 0 saturated carbocycles. The van der Waals surface area contributed by atoms with Crippen molar-refractivity contribution in [3.05, 3.63) is 98.9 Å². The first-order chi connectivity index (χ1) is 16.3. The summed E-state index contributed by atoms with van der Waals surface area (Å²) in [6, 6.07) is 13.2. The number of hydrogen-bond acceptors (Lipinski definition) is 5. The Morgan fingerprint density at radius 3 is 2.62 bits per heavy atom. The van der Waals surface area contributed by atoms with Crippen molar-refractivity contribution in [1.29, 1.82) is 0 Å². The van der Waals surface area contributed by atoms with Gasteiger partial charge in [0.25, 0.3) is 5.91 Å². The Balaban J connectivity index is 1.54. The highest BCUT2D eigenvalue weighted by Crippen LogP contribution is 2.17. The van der Waals surface area contributed by atoms with Crippen LogP contribution in [0, 0.1) is 5.82 Å². The molecule has 0 atom stereocenters. The quantitative estimate of drug-likeness (QED) is 0.416. The smallest absolute Gasteiger partial charge is 0.302 e. The zero-order valence-corrected chi connectivity index (χ0v) is 18.9. The number of fused-ring (bicyclic) bond motifs is 1. The Bertz CT molecular complexity index is 1430. The number of imidazole rings is 1. The number of aryl methyl sites for hydroxylation is 1. The maximum Gasteiger partial charge on any atom is 0.302 e. The van der Waals surface area contributed by atoms with Gasteiger partial charge in [-0.15, -0.1) is 0 Å². The standard InChI is InChI=1S/C24H20ClFN4O4/c1-29-9-10-30-23(33)21(34-14-15-5-3-2-4-6-15)20(28-24(29)30)22(32)27-13-17(31)11-16-7-8-18(25)19(26)12-16/h2-10,12H,11,13-14H2,1H3,(H,27,32). The summed E-state index contributed by atoms with van der Waals surface area (Å²) in [4.78, 5) is 42.6. The van der Waals surface area contributed by atoms with Crippen molar-refractivity contribution in [2.75, 3.05) is 6.54 Å². The number of nitrogens with zero attached hydrogens (tertiary/aromatic N) is 3. The van der Waals surface area contributed by atoms with Gasteiger partial charge in [0.1, 0.15) is 12.4 Å². The number of hydrogen-bond donors (Lipinski definition) is 1. The van der Waals surface area contributed by atoms with Crippen LogP contribution in [0.4, 0.5) is 4.39 Å². The largest absolute Gasteiger partial charge is 0.481 e. The van der Waals surface area contributed by atoms with Crippen molar-refractivity contribution in [3.8, 4) is 5.75 Å². The van der Waals surface area contributed by atoms with Crippen LogP contribution in [0.3, 0.4) is 0 Å². The van der Waals surface area contributed by atoms with E-state index in [1.165, 1.54) is 28.8 Å². The second kappa shape index (κ2) is 9.88. The Hall–Kier alpha value is -3.98. The number of carbonyl (C=O) groups is 2. The van der Waals surface area contributed by atoms with E-state index in [2.05, 4.69) is 10.3 Å². The van der Waals surface area contributed by atoms with Crippen LogP contribution in [0.15, 0.2) is 65.7 Å². The summed E-state index contributed by atoms with van der Waals surface area (Å²) in [5.74, 6) is -1.71. The molecule has 0 aliphatic rings. The highest BCUT2D eigenvalue weighted by Gasteiger charge is 2.22. The second-order valence-corrected chi connectivity index (χ2v) is 8.00. The summed E-state index contributed by atoms with van der Waals surface area (Å²) < 4.78 is 22.2. The van der Waals surface area contributed by atoms with Crippen LogP contribution in [0.5, 0.6) is 5.75 Å². The number of Topliss-reactive ketones (excluding diaryl/α,β-unsaturated/α-hetero) is 1. The Labute approximate surface area is 198 Å². The highest BCUT2D eigenvalue weighted by atomic mass is 35.5. The molecule has 0 unspecified atom stereocenters. The summed E-state index contributed by atoms with van der Waals surface area (Å²) in [7, 11) is 1.68. The van der Waals surface area contributed by atoms with Crippen LogP contribution >= 0.6 is 11.6 Å². The van der Waals surface area contributed by atoms with Gasteiger partial charge in [0.05, 0.1) is 11.6 Å². The van der Waals surface area contributed by atoms with Gasteiger partial charge >= 0.3 is 5.56 Å². The van der Waals surface area contributed by atoms with Crippen molar-refractivity contribution in [3.63, 3.8) is 0 Å². The van der Waals surface area contributed by atoms with E-state index < -0.39 is 17.3 Å². The average Bonchev–Trinajstić information content (AvgIpc) is 3.20. The van der Waals surface area contributed by atoms with Crippen molar-refractivity contribution < 1.29 is 18.7 Å². The zero-order valence-electron chi connectivity index (χ0n) is 18.1. The number of rotatable bonds is 8. The van der Waals surface area contributed by atoms with E-state index >= 15 is 0 Å². The Morgan fingerprint density at radius 1 is 1.12 bits per heavy atom. The molecular formula is C24H20ClFN4O4. The number of aromatic nitrogens is 3. The lowest BCUT2D eigenvalue weighted by Gasteiger charge is -2.11. The molecule has 1 amide bonds. The SMILES string of the molecule is Cn1ccn2c(=O)c(OCc3ccccc3)c(C(=O)NCC(=O)Cc3ccc(Cl)c(F)c3)nc12. The van der Waals surface area contributed by atoms with Crippen LogP contribution in [0.2, 0.25) is 5.02 Å². The molecule has 0 aliphatic heterocycles. The van der Waals surface area contributed by atoms with Gasteiger partial charge in [-0.25, -0.2) is 13.8 Å². The van der Waals surface area contributed by atoms with Crippen molar-refractivity contribution in [1.82, 2.24) is 19.3 Å². The molecule has 2 heterocycles. The first kappa shape index (κ1) is 23.2. The molecule has 8 nitrogen and oxygen atoms in total.